The molecule has 252 valence electrons. The van der Waals surface area contributed by atoms with E-state index in [1.807, 2.05) is 69.3 Å². The molecular formula is C38H40N6O4S. The molecule has 4 bridgehead atoms. The molecule has 1 atom stereocenters. The molecule has 1 aliphatic rings. The summed E-state index contributed by atoms with van der Waals surface area (Å²) < 4.78 is 36.4. The van der Waals surface area contributed by atoms with Gasteiger partial charge in [-0.15, -0.1) is 0 Å². The van der Waals surface area contributed by atoms with E-state index in [4.69, 9.17) is 9.72 Å². The van der Waals surface area contributed by atoms with Crippen molar-refractivity contribution in [3.63, 3.8) is 0 Å². The maximum absolute atomic E-state index is 14.5. The van der Waals surface area contributed by atoms with Crippen molar-refractivity contribution in [2.45, 2.75) is 65.4 Å². The molecule has 0 aliphatic carbocycles. The second-order valence-electron chi connectivity index (χ2n) is 13.7. The molecule has 0 fully saturated rings. The van der Waals surface area contributed by atoms with E-state index in [0.29, 0.717) is 23.5 Å². The summed E-state index contributed by atoms with van der Waals surface area (Å²) in [5.74, 6) is -0.279. The summed E-state index contributed by atoms with van der Waals surface area (Å²) in [5.41, 5.74) is 6.46. The Morgan fingerprint density at radius 3 is 2.31 bits per heavy atom. The topological polar surface area (TPSA) is 127 Å². The summed E-state index contributed by atoms with van der Waals surface area (Å²) in [5, 5.41) is 0. The molecule has 49 heavy (non-hydrogen) atoms. The van der Waals surface area contributed by atoms with Gasteiger partial charge in [-0.2, -0.15) is 4.98 Å². The lowest BCUT2D eigenvalue weighted by Crippen LogP contribution is -2.45. The van der Waals surface area contributed by atoms with Crippen LogP contribution >= 0.6 is 0 Å². The van der Waals surface area contributed by atoms with Crippen molar-refractivity contribution in [1.82, 2.24) is 24.8 Å². The summed E-state index contributed by atoms with van der Waals surface area (Å²) >= 11 is 0. The number of benzene rings is 2. The summed E-state index contributed by atoms with van der Waals surface area (Å²) in [6.07, 6.45) is 2.31. The number of rotatable bonds is 5. The molecule has 11 heteroatoms. The number of nitrogens with zero attached hydrogens (tertiary/aromatic N) is 5. The third kappa shape index (κ3) is 7.62. The Kier molecular flexibility index (Phi) is 9.22. The second kappa shape index (κ2) is 13.4. The predicted molar refractivity (Wildman–Crippen MR) is 190 cm³/mol. The summed E-state index contributed by atoms with van der Waals surface area (Å²) in [4.78, 5) is 34.7. The molecule has 0 spiro atoms. The molecule has 3 aromatic heterocycles. The number of anilines is 1. The van der Waals surface area contributed by atoms with Crippen LogP contribution in [0.4, 0.5) is 5.95 Å². The van der Waals surface area contributed by atoms with E-state index in [-0.39, 0.29) is 46.8 Å². The Hall–Kier alpha value is -5.16. The molecule has 1 aliphatic heterocycles. The van der Waals surface area contributed by atoms with Crippen LogP contribution in [0, 0.1) is 26.2 Å². The maximum Gasteiger partial charge on any atom is 0.264 e. The highest BCUT2D eigenvalue weighted by atomic mass is 32.2. The van der Waals surface area contributed by atoms with Crippen molar-refractivity contribution in [3.8, 4) is 28.5 Å². The molecular weight excluding hydrogens is 637 g/mol. The van der Waals surface area contributed by atoms with E-state index in [9.17, 15) is 13.2 Å². The van der Waals surface area contributed by atoms with Crippen LogP contribution in [0.25, 0.3) is 22.6 Å². The molecule has 0 unspecified atom stereocenters. The average molecular weight is 677 g/mol. The molecule has 0 radical (unpaired) electrons. The number of amides is 1. The molecule has 10 nitrogen and oxygen atoms in total. The van der Waals surface area contributed by atoms with Gasteiger partial charge >= 0.3 is 0 Å². The van der Waals surface area contributed by atoms with Crippen LogP contribution in [0.2, 0.25) is 0 Å². The van der Waals surface area contributed by atoms with E-state index in [1.165, 1.54) is 12.1 Å². The number of carbonyl (C=O) groups is 1. The zero-order valence-electron chi connectivity index (χ0n) is 28.6. The van der Waals surface area contributed by atoms with Crippen molar-refractivity contribution in [1.29, 1.82) is 0 Å². The van der Waals surface area contributed by atoms with Gasteiger partial charge in [0, 0.05) is 23.4 Å². The fourth-order valence-corrected chi connectivity index (χ4v) is 7.16. The van der Waals surface area contributed by atoms with E-state index in [1.54, 1.807) is 29.3 Å². The number of fused-ring (bicyclic) bond motifs is 4. The molecule has 0 saturated heterocycles. The predicted octanol–water partition coefficient (Wildman–Crippen LogP) is 7.17. The number of pyridine rings is 2. The standard InChI is InChI=1S/C38H40N6O4S/c1-24-11-7-12-25(2)34(24)32-20-33-42-37(41-32)43-49(46,47)30-16-8-14-27(19-30)36(45)44(29(23-48-33)21-38(4,5)6)22-28-15-9-17-31(40-28)35-26(3)13-10-18-39-35/h7-20,29H,21-23H2,1-6H3,(H,41,42,43)/t29-/m1/s1. The molecule has 6 rings (SSSR count). The van der Waals surface area contributed by atoms with Crippen LogP contribution in [-0.2, 0) is 16.6 Å². The monoisotopic (exact) mass is 676 g/mol. The lowest BCUT2D eigenvalue weighted by molar-refractivity contribution is 0.0509. The number of sulfonamides is 1. The van der Waals surface area contributed by atoms with Gasteiger partial charge in [-0.3, -0.25) is 9.78 Å². The Labute approximate surface area is 287 Å². The highest BCUT2D eigenvalue weighted by molar-refractivity contribution is 7.92. The largest absolute Gasteiger partial charge is 0.475 e. The first kappa shape index (κ1) is 33.7. The molecule has 2 aromatic carbocycles. The van der Waals surface area contributed by atoms with Gasteiger partial charge in [-0.25, -0.2) is 23.1 Å². The van der Waals surface area contributed by atoms with Gasteiger partial charge in [-0.1, -0.05) is 57.2 Å². The number of nitrogens with one attached hydrogen (secondary N) is 1. The number of hydrogen-bond donors (Lipinski definition) is 1. The number of aromatic nitrogens is 4. The summed E-state index contributed by atoms with van der Waals surface area (Å²) in [6, 6.07) is 22.8. The zero-order valence-corrected chi connectivity index (χ0v) is 29.4. The van der Waals surface area contributed by atoms with E-state index in [0.717, 1.165) is 27.9 Å². The number of aryl methyl sites for hydroxylation is 3. The van der Waals surface area contributed by atoms with Crippen molar-refractivity contribution < 1.29 is 17.9 Å². The van der Waals surface area contributed by atoms with Crippen molar-refractivity contribution in [2.24, 2.45) is 5.41 Å². The second-order valence-corrected chi connectivity index (χ2v) is 15.3. The number of ether oxygens (including phenoxy) is 1. The van der Waals surface area contributed by atoms with Gasteiger partial charge in [0.1, 0.15) is 6.61 Å². The van der Waals surface area contributed by atoms with Gasteiger partial charge in [0.15, 0.2) is 0 Å². The first-order valence-electron chi connectivity index (χ1n) is 16.2. The third-order valence-corrected chi connectivity index (χ3v) is 9.75. The molecule has 5 aromatic rings. The first-order valence-corrected chi connectivity index (χ1v) is 17.7. The minimum atomic E-state index is -4.18. The van der Waals surface area contributed by atoms with Gasteiger partial charge in [0.2, 0.25) is 11.8 Å². The average Bonchev–Trinajstić information content (AvgIpc) is 3.05. The van der Waals surface area contributed by atoms with E-state index >= 15 is 0 Å². The van der Waals surface area contributed by atoms with Gasteiger partial charge in [0.05, 0.1) is 40.3 Å². The highest BCUT2D eigenvalue weighted by Gasteiger charge is 2.32. The van der Waals surface area contributed by atoms with Crippen molar-refractivity contribution in [3.05, 3.63) is 113 Å². The fraction of sp³-hybridized carbons (Fsp3) is 0.289. The van der Waals surface area contributed by atoms with Crippen LogP contribution in [0.1, 0.15) is 59.9 Å². The summed E-state index contributed by atoms with van der Waals surface area (Å²) in [6.45, 7) is 12.5. The Bertz CT molecular complexity index is 2120. The minimum Gasteiger partial charge on any atom is -0.475 e. The molecule has 1 N–H and O–H groups in total. The van der Waals surface area contributed by atoms with E-state index < -0.39 is 16.1 Å². The Morgan fingerprint density at radius 1 is 0.857 bits per heavy atom. The summed E-state index contributed by atoms with van der Waals surface area (Å²) in [7, 11) is -4.18. The molecule has 4 heterocycles. The minimum absolute atomic E-state index is 0.0841. The van der Waals surface area contributed by atoms with Crippen LogP contribution in [0.15, 0.2) is 90.0 Å². The van der Waals surface area contributed by atoms with Crippen LogP contribution < -0.4 is 9.46 Å². The van der Waals surface area contributed by atoms with Crippen LogP contribution in [-0.4, -0.2) is 51.8 Å². The van der Waals surface area contributed by atoms with Gasteiger partial charge in [-0.05, 0) is 85.7 Å². The molecule has 1 amide bonds. The lowest BCUT2D eigenvalue weighted by atomic mass is 9.87. The first-order chi connectivity index (χ1) is 23.3. The Balaban J connectivity index is 1.49. The van der Waals surface area contributed by atoms with Crippen LogP contribution in [0.5, 0.6) is 5.88 Å². The van der Waals surface area contributed by atoms with Crippen LogP contribution in [0.3, 0.4) is 0 Å². The quantitative estimate of drug-likeness (QED) is 0.208. The normalized spacial score (nSPS) is 16.1. The smallest absolute Gasteiger partial charge is 0.264 e. The number of carbonyl (C=O) groups excluding carboxylic acids is 1. The lowest BCUT2D eigenvalue weighted by Gasteiger charge is -2.35. The SMILES string of the molecule is Cc1cccnc1-c1cccc(CN2C(=O)c3cccc(c3)S(=O)(=O)Nc3nc(cc(-c4c(C)cccc4C)n3)OC[C@H]2CC(C)(C)C)n1. The number of hydrogen-bond acceptors (Lipinski definition) is 8. The van der Waals surface area contributed by atoms with Gasteiger partial charge in [0.25, 0.3) is 15.9 Å². The van der Waals surface area contributed by atoms with Gasteiger partial charge < -0.3 is 9.64 Å². The van der Waals surface area contributed by atoms with E-state index in [2.05, 4.69) is 40.4 Å². The van der Waals surface area contributed by atoms with Crippen molar-refractivity contribution in [2.75, 3.05) is 11.3 Å². The Morgan fingerprint density at radius 2 is 1.57 bits per heavy atom. The van der Waals surface area contributed by atoms with Crippen molar-refractivity contribution >= 4 is 21.9 Å². The molecule has 0 saturated carbocycles. The third-order valence-electron chi connectivity index (χ3n) is 8.42. The maximum atomic E-state index is 14.5. The highest BCUT2D eigenvalue weighted by Crippen LogP contribution is 2.32. The zero-order chi connectivity index (χ0) is 34.9. The fourth-order valence-electron chi connectivity index (χ4n) is 6.17.